The molecule has 1 aromatic heterocycles. The van der Waals surface area contributed by atoms with E-state index in [0.717, 1.165) is 0 Å². The van der Waals surface area contributed by atoms with Gasteiger partial charge in [0.2, 0.25) is 0 Å². The van der Waals surface area contributed by atoms with Gasteiger partial charge in [0.15, 0.2) is 4.77 Å². The molecule has 1 N–H and O–H groups in total. The van der Waals surface area contributed by atoms with Gasteiger partial charge in [-0.3, -0.25) is 14.5 Å². The molecule has 0 aliphatic heterocycles. The number of nitrogens with zero attached hydrogens (tertiary/aromatic N) is 2. The number of H-pyrrole nitrogens is 1. The Balaban J connectivity index is 2.53. The fraction of sp³-hybridized carbons (Fsp3) is 0.182. The second-order valence-corrected chi connectivity index (χ2v) is 4.54. The summed E-state index contributed by atoms with van der Waals surface area (Å²) in [4.78, 5) is 11.9. The lowest BCUT2D eigenvalue weighted by atomic mass is 10.2. The van der Waals surface area contributed by atoms with Gasteiger partial charge in [-0.1, -0.05) is 11.6 Å². The zero-order valence-corrected chi connectivity index (χ0v) is 11.0. The third kappa shape index (κ3) is 2.49. The second kappa shape index (κ2) is 4.99. The van der Waals surface area contributed by atoms with Crippen LogP contribution in [0.2, 0.25) is 5.02 Å². The van der Waals surface area contributed by atoms with Crippen molar-refractivity contribution in [1.29, 1.82) is 0 Å². The summed E-state index contributed by atoms with van der Waals surface area (Å²) in [5, 5.41) is 6.69. The Labute approximate surface area is 112 Å². The average molecular weight is 286 g/mol. The van der Waals surface area contributed by atoms with E-state index < -0.39 is 5.82 Å². The Bertz CT molecular complexity index is 710. The minimum Gasteiger partial charge on any atom is -0.278 e. The fourth-order valence-corrected chi connectivity index (χ4v) is 1.88. The molecule has 0 aliphatic carbocycles. The smallest absolute Gasteiger partial charge is 0.276 e. The monoisotopic (exact) mass is 285 g/mol. The van der Waals surface area contributed by atoms with E-state index in [2.05, 4.69) is 10.2 Å². The van der Waals surface area contributed by atoms with Crippen LogP contribution >= 0.6 is 23.8 Å². The van der Waals surface area contributed by atoms with E-state index in [4.69, 9.17) is 23.8 Å². The highest BCUT2D eigenvalue weighted by Crippen LogP contribution is 2.17. The van der Waals surface area contributed by atoms with Crippen molar-refractivity contribution in [2.45, 2.75) is 13.5 Å². The Morgan fingerprint density at radius 1 is 1.56 bits per heavy atom. The average Bonchev–Trinajstić information content (AvgIpc) is 2.34. The lowest BCUT2D eigenvalue weighted by Gasteiger charge is -2.08. The van der Waals surface area contributed by atoms with E-state index in [-0.39, 0.29) is 22.6 Å². The molecule has 0 aliphatic rings. The third-order valence-electron chi connectivity index (χ3n) is 2.46. The number of nitrogens with one attached hydrogen (secondary N) is 1. The van der Waals surface area contributed by atoms with Crippen molar-refractivity contribution in [3.8, 4) is 0 Å². The van der Waals surface area contributed by atoms with Crippen molar-refractivity contribution < 1.29 is 4.39 Å². The highest BCUT2D eigenvalue weighted by molar-refractivity contribution is 7.71. The lowest BCUT2D eigenvalue weighted by molar-refractivity contribution is 0.619. The number of aromatic amines is 1. The minimum absolute atomic E-state index is 0.105. The number of hydrogen-bond acceptors (Lipinski definition) is 3. The maximum absolute atomic E-state index is 13.1. The summed E-state index contributed by atoms with van der Waals surface area (Å²) in [6.45, 7) is 1.67. The van der Waals surface area contributed by atoms with Crippen molar-refractivity contribution >= 4 is 23.8 Å². The van der Waals surface area contributed by atoms with Crippen LogP contribution in [0, 0.1) is 17.5 Å². The number of hydrogen-bond donors (Lipinski definition) is 1. The van der Waals surface area contributed by atoms with Gasteiger partial charge in [0.1, 0.15) is 11.5 Å². The van der Waals surface area contributed by atoms with Crippen molar-refractivity contribution in [2.75, 3.05) is 0 Å². The molecular weight excluding hydrogens is 277 g/mol. The van der Waals surface area contributed by atoms with Crippen molar-refractivity contribution in [3.05, 3.63) is 55.4 Å². The molecule has 4 nitrogen and oxygen atoms in total. The van der Waals surface area contributed by atoms with Gasteiger partial charge in [-0.25, -0.2) is 4.39 Å². The van der Waals surface area contributed by atoms with Crippen LogP contribution in [0.3, 0.4) is 0 Å². The number of benzene rings is 1. The standard InChI is InChI=1S/C11H9ClFN3OS/c1-6-10(17)16(11(18)15-14-6)5-7-4-8(13)2-3-9(7)12/h2-4H,5H2,1H3,(H,15,18). The second-order valence-electron chi connectivity index (χ2n) is 3.74. The summed E-state index contributed by atoms with van der Waals surface area (Å²) in [6.07, 6.45) is 0. The van der Waals surface area contributed by atoms with E-state index in [9.17, 15) is 9.18 Å². The molecule has 0 saturated heterocycles. The third-order valence-corrected chi connectivity index (χ3v) is 3.14. The van der Waals surface area contributed by atoms with E-state index in [1.165, 1.54) is 22.8 Å². The van der Waals surface area contributed by atoms with Crippen LogP contribution < -0.4 is 5.56 Å². The number of rotatable bonds is 2. The van der Waals surface area contributed by atoms with Crippen LogP contribution in [0.4, 0.5) is 4.39 Å². The quantitative estimate of drug-likeness (QED) is 0.862. The van der Waals surface area contributed by atoms with Gasteiger partial charge in [0, 0.05) is 5.02 Å². The number of aryl methyl sites for hydroxylation is 1. The summed E-state index contributed by atoms with van der Waals surface area (Å²) in [5.74, 6) is -0.414. The minimum atomic E-state index is -0.414. The first-order valence-electron chi connectivity index (χ1n) is 5.09. The summed E-state index contributed by atoms with van der Waals surface area (Å²) < 4.78 is 14.6. The van der Waals surface area contributed by atoms with Crippen molar-refractivity contribution in [3.63, 3.8) is 0 Å². The first kappa shape index (κ1) is 12.9. The maximum atomic E-state index is 13.1. The molecule has 0 radical (unpaired) electrons. The van der Waals surface area contributed by atoms with Crippen LogP contribution in [-0.2, 0) is 6.54 Å². The molecule has 1 aromatic carbocycles. The molecule has 2 aromatic rings. The SMILES string of the molecule is Cc1n[nH]c(=S)n(Cc2cc(F)ccc2Cl)c1=O. The van der Waals surface area contributed by atoms with Gasteiger partial charge >= 0.3 is 0 Å². The molecule has 18 heavy (non-hydrogen) atoms. The number of aromatic nitrogens is 3. The lowest BCUT2D eigenvalue weighted by Crippen LogP contribution is -2.26. The summed E-state index contributed by atoms with van der Waals surface area (Å²) in [6, 6.07) is 3.98. The molecule has 2 rings (SSSR count). The maximum Gasteiger partial charge on any atom is 0.276 e. The molecule has 94 valence electrons. The summed E-state index contributed by atoms with van der Waals surface area (Å²) in [5.41, 5.74) is 0.457. The van der Waals surface area contributed by atoms with Crippen LogP contribution in [0.1, 0.15) is 11.3 Å². The van der Waals surface area contributed by atoms with E-state index >= 15 is 0 Å². The zero-order valence-electron chi connectivity index (χ0n) is 9.41. The fourth-order valence-electron chi connectivity index (χ4n) is 1.51. The topological polar surface area (TPSA) is 50.7 Å². The van der Waals surface area contributed by atoms with Crippen molar-refractivity contribution in [1.82, 2.24) is 14.8 Å². The molecule has 1 heterocycles. The highest BCUT2D eigenvalue weighted by atomic mass is 35.5. The molecule has 0 bridgehead atoms. The Morgan fingerprint density at radius 2 is 2.28 bits per heavy atom. The van der Waals surface area contributed by atoms with Crippen LogP contribution in [0.25, 0.3) is 0 Å². The molecule has 0 unspecified atom stereocenters. The van der Waals surface area contributed by atoms with E-state index in [0.29, 0.717) is 10.6 Å². The Kier molecular flexibility index (Phi) is 3.58. The molecule has 7 heteroatoms. The summed E-state index contributed by atoms with van der Waals surface area (Å²) >= 11 is 10.9. The normalized spacial score (nSPS) is 10.6. The van der Waals surface area contributed by atoms with E-state index in [1.54, 1.807) is 6.92 Å². The van der Waals surface area contributed by atoms with E-state index in [1.807, 2.05) is 0 Å². The first-order chi connectivity index (χ1) is 8.49. The van der Waals surface area contributed by atoms with Crippen molar-refractivity contribution in [2.24, 2.45) is 0 Å². The van der Waals surface area contributed by atoms with Crippen LogP contribution in [0.15, 0.2) is 23.0 Å². The van der Waals surface area contributed by atoms with Gasteiger partial charge in [-0.05, 0) is 42.9 Å². The predicted molar refractivity (Wildman–Crippen MR) is 68.9 cm³/mol. The first-order valence-corrected chi connectivity index (χ1v) is 5.87. The van der Waals surface area contributed by atoms with Gasteiger partial charge in [0.25, 0.3) is 5.56 Å². The van der Waals surface area contributed by atoms with Gasteiger partial charge in [-0.15, -0.1) is 0 Å². The largest absolute Gasteiger partial charge is 0.278 e. The molecular formula is C11H9ClFN3OS. The Hall–Kier alpha value is -1.53. The zero-order chi connectivity index (χ0) is 13.3. The molecule has 0 saturated carbocycles. The molecule has 0 spiro atoms. The number of halogens is 2. The van der Waals surface area contributed by atoms with Gasteiger partial charge in [-0.2, -0.15) is 5.10 Å². The van der Waals surface area contributed by atoms with Gasteiger partial charge in [0.05, 0.1) is 6.54 Å². The van der Waals surface area contributed by atoms with Crippen LogP contribution in [0.5, 0.6) is 0 Å². The molecule has 0 fully saturated rings. The molecule has 0 atom stereocenters. The van der Waals surface area contributed by atoms with Gasteiger partial charge < -0.3 is 0 Å². The van der Waals surface area contributed by atoms with Crippen LogP contribution in [-0.4, -0.2) is 14.8 Å². The molecule has 0 amide bonds. The summed E-state index contributed by atoms with van der Waals surface area (Å²) in [7, 11) is 0. The Morgan fingerprint density at radius 3 is 3.00 bits per heavy atom. The highest BCUT2D eigenvalue weighted by Gasteiger charge is 2.07. The predicted octanol–water partition coefficient (Wildman–Crippen LogP) is 2.45.